The number of nitrogens with one attached hydrogen (secondary N) is 2. The van der Waals surface area contributed by atoms with Crippen LogP contribution in [0.4, 0.5) is 4.79 Å². The van der Waals surface area contributed by atoms with Crippen LogP contribution in [0.3, 0.4) is 0 Å². The third-order valence-corrected chi connectivity index (χ3v) is 4.28. The Hall–Kier alpha value is -3.09. The molecule has 0 fully saturated rings. The summed E-state index contributed by atoms with van der Waals surface area (Å²) < 4.78 is 21.1. The van der Waals surface area contributed by atoms with Crippen LogP contribution in [0.15, 0.2) is 36.4 Å². The predicted molar refractivity (Wildman–Crippen MR) is 108 cm³/mol. The normalized spacial score (nSPS) is 10.1. The van der Waals surface area contributed by atoms with Crippen LogP contribution in [-0.2, 0) is 12.8 Å². The molecule has 2 aromatic rings. The number of rotatable bonds is 10. The van der Waals surface area contributed by atoms with Gasteiger partial charge in [0.2, 0.25) is 5.75 Å². The lowest BCUT2D eigenvalue weighted by Gasteiger charge is -2.14. The van der Waals surface area contributed by atoms with Crippen LogP contribution < -0.4 is 29.6 Å². The third-order valence-electron chi connectivity index (χ3n) is 4.28. The SMILES string of the molecule is COc1ccc(CCNC(=O)NCCc2cc(OC)c(OC)c(OC)c2)cc1. The van der Waals surface area contributed by atoms with Gasteiger partial charge >= 0.3 is 6.03 Å². The van der Waals surface area contributed by atoms with Crippen LogP contribution in [0, 0.1) is 0 Å². The van der Waals surface area contributed by atoms with Gasteiger partial charge in [-0.2, -0.15) is 0 Å². The van der Waals surface area contributed by atoms with Crippen molar-refractivity contribution < 1.29 is 23.7 Å². The minimum atomic E-state index is -0.194. The van der Waals surface area contributed by atoms with Crippen molar-refractivity contribution in [1.29, 1.82) is 0 Å². The van der Waals surface area contributed by atoms with E-state index in [0.29, 0.717) is 36.8 Å². The first-order valence-corrected chi connectivity index (χ1v) is 9.04. The van der Waals surface area contributed by atoms with Gasteiger partial charge in [0.15, 0.2) is 11.5 Å². The molecule has 2 amide bonds. The molecule has 0 aliphatic carbocycles. The first-order valence-electron chi connectivity index (χ1n) is 9.04. The Morgan fingerprint density at radius 2 is 1.29 bits per heavy atom. The van der Waals surface area contributed by atoms with E-state index < -0.39 is 0 Å². The zero-order valence-electron chi connectivity index (χ0n) is 16.8. The Bertz CT molecular complexity index is 737. The fourth-order valence-corrected chi connectivity index (χ4v) is 2.78. The summed E-state index contributed by atoms with van der Waals surface area (Å²) in [5.41, 5.74) is 2.12. The number of amides is 2. The number of ether oxygens (including phenoxy) is 4. The summed E-state index contributed by atoms with van der Waals surface area (Å²) in [4.78, 5) is 12.0. The lowest BCUT2D eigenvalue weighted by atomic mass is 10.1. The number of urea groups is 1. The molecule has 0 spiro atoms. The molecule has 0 bridgehead atoms. The van der Waals surface area contributed by atoms with E-state index in [9.17, 15) is 4.79 Å². The molecule has 152 valence electrons. The zero-order valence-corrected chi connectivity index (χ0v) is 16.8. The highest BCUT2D eigenvalue weighted by Gasteiger charge is 2.13. The Balaban J connectivity index is 1.77. The molecule has 0 unspecified atom stereocenters. The number of methoxy groups -OCH3 is 4. The standard InChI is InChI=1S/C21H28N2O5/c1-25-17-7-5-15(6-8-17)9-11-22-21(24)23-12-10-16-13-18(26-2)20(28-4)19(14-16)27-3/h5-8,13-14H,9-12H2,1-4H3,(H2,22,23,24). The van der Waals surface area contributed by atoms with Gasteiger partial charge in [0.1, 0.15) is 5.75 Å². The Morgan fingerprint density at radius 3 is 1.75 bits per heavy atom. The van der Waals surface area contributed by atoms with Gasteiger partial charge in [-0.3, -0.25) is 0 Å². The molecule has 7 heteroatoms. The van der Waals surface area contributed by atoms with Gasteiger partial charge in [-0.15, -0.1) is 0 Å². The highest BCUT2D eigenvalue weighted by molar-refractivity contribution is 5.73. The summed E-state index contributed by atoms with van der Waals surface area (Å²) in [6.07, 6.45) is 1.40. The fraction of sp³-hybridized carbons (Fsp3) is 0.381. The minimum Gasteiger partial charge on any atom is -0.497 e. The maximum Gasteiger partial charge on any atom is 0.314 e. The van der Waals surface area contributed by atoms with Crippen molar-refractivity contribution in [2.24, 2.45) is 0 Å². The van der Waals surface area contributed by atoms with E-state index in [2.05, 4.69) is 10.6 Å². The van der Waals surface area contributed by atoms with Gasteiger partial charge in [-0.05, 0) is 48.2 Å². The maximum atomic E-state index is 12.0. The molecule has 7 nitrogen and oxygen atoms in total. The Morgan fingerprint density at radius 1 is 0.750 bits per heavy atom. The minimum absolute atomic E-state index is 0.194. The summed E-state index contributed by atoms with van der Waals surface area (Å²) in [5.74, 6) is 2.57. The van der Waals surface area contributed by atoms with Crippen LogP contribution in [0.25, 0.3) is 0 Å². The second-order valence-corrected chi connectivity index (χ2v) is 6.06. The van der Waals surface area contributed by atoms with E-state index in [4.69, 9.17) is 18.9 Å². The lowest BCUT2D eigenvalue weighted by Crippen LogP contribution is -2.37. The number of carbonyl (C=O) groups excluding carboxylic acids is 1. The summed E-state index contributed by atoms with van der Waals surface area (Å²) in [7, 11) is 6.36. The molecule has 0 saturated carbocycles. The second-order valence-electron chi connectivity index (χ2n) is 6.06. The molecule has 0 radical (unpaired) electrons. The van der Waals surface area contributed by atoms with Crippen LogP contribution in [0.5, 0.6) is 23.0 Å². The average molecular weight is 388 g/mol. The molecule has 2 rings (SSSR count). The molecule has 28 heavy (non-hydrogen) atoms. The number of carbonyl (C=O) groups is 1. The molecule has 0 heterocycles. The van der Waals surface area contributed by atoms with Crippen molar-refractivity contribution in [2.75, 3.05) is 41.5 Å². The van der Waals surface area contributed by atoms with E-state index >= 15 is 0 Å². The fourth-order valence-electron chi connectivity index (χ4n) is 2.78. The van der Waals surface area contributed by atoms with Crippen LogP contribution in [-0.4, -0.2) is 47.6 Å². The van der Waals surface area contributed by atoms with Crippen LogP contribution in [0.1, 0.15) is 11.1 Å². The maximum absolute atomic E-state index is 12.0. The molecular weight excluding hydrogens is 360 g/mol. The third kappa shape index (κ3) is 5.97. The number of hydrogen-bond acceptors (Lipinski definition) is 5. The van der Waals surface area contributed by atoms with Crippen molar-refractivity contribution in [3.8, 4) is 23.0 Å². The molecular formula is C21H28N2O5. The zero-order chi connectivity index (χ0) is 20.4. The predicted octanol–water partition coefficient (Wildman–Crippen LogP) is 2.81. The van der Waals surface area contributed by atoms with Gasteiger partial charge in [0, 0.05) is 13.1 Å². The molecule has 2 aromatic carbocycles. The highest BCUT2D eigenvalue weighted by Crippen LogP contribution is 2.38. The van der Waals surface area contributed by atoms with E-state index in [1.807, 2.05) is 36.4 Å². The lowest BCUT2D eigenvalue weighted by molar-refractivity contribution is 0.241. The summed E-state index contributed by atoms with van der Waals surface area (Å²) in [6.45, 7) is 1.05. The molecule has 0 aromatic heterocycles. The van der Waals surface area contributed by atoms with E-state index in [1.54, 1.807) is 28.4 Å². The summed E-state index contributed by atoms with van der Waals surface area (Å²) in [6, 6.07) is 11.4. The quantitative estimate of drug-likeness (QED) is 0.654. The van der Waals surface area contributed by atoms with Crippen molar-refractivity contribution in [3.05, 3.63) is 47.5 Å². The Kier molecular flexibility index (Phi) is 8.27. The monoisotopic (exact) mass is 388 g/mol. The second kappa shape index (κ2) is 10.9. The first-order chi connectivity index (χ1) is 13.6. The largest absolute Gasteiger partial charge is 0.497 e. The molecule has 0 aliphatic heterocycles. The first kappa shape index (κ1) is 21.2. The molecule has 2 N–H and O–H groups in total. The van der Waals surface area contributed by atoms with Gasteiger partial charge in [0.25, 0.3) is 0 Å². The van der Waals surface area contributed by atoms with Gasteiger partial charge in [-0.1, -0.05) is 12.1 Å². The smallest absolute Gasteiger partial charge is 0.314 e. The molecule has 0 saturated heterocycles. The summed E-state index contributed by atoms with van der Waals surface area (Å²) in [5, 5.41) is 5.71. The van der Waals surface area contributed by atoms with Gasteiger partial charge in [-0.25, -0.2) is 4.79 Å². The van der Waals surface area contributed by atoms with Crippen LogP contribution >= 0.6 is 0 Å². The van der Waals surface area contributed by atoms with Crippen molar-refractivity contribution >= 4 is 6.03 Å². The van der Waals surface area contributed by atoms with Crippen molar-refractivity contribution in [3.63, 3.8) is 0 Å². The van der Waals surface area contributed by atoms with Gasteiger partial charge in [0.05, 0.1) is 28.4 Å². The molecule has 0 aliphatic rings. The van der Waals surface area contributed by atoms with Crippen molar-refractivity contribution in [2.45, 2.75) is 12.8 Å². The van der Waals surface area contributed by atoms with E-state index in [1.165, 1.54) is 0 Å². The summed E-state index contributed by atoms with van der Waals surface area (Å²) >= 11 is 0. The Labute approximate surface area is 165 Å². The van der Waals surface area contributed by atoms with E-state index in [-0.39, 0.29) is 6.03 Å². The number of benzene rings is 2. The number of hydrogen-bond donors (Lipinski definition) is 2. The topological polar surface area (TPSA) is 78.1 Å². The van der Waals surface area contributed by atoms with E-state index in [0.717, 1.165) is 23.3 Å². The van der Waals surface area contributed by atoms with Crippen molar-refractivity contribution in [1.82, 2.24) is 10.6 Å². The van der Waals surface area contributed by atoms with Crippen LogP contribution in [0.2, 0.25) is 0 Å². The molecule has 0 atom stereocenters. The average Bonchev–Trinajstić information content (AvgIpc) is 2.73. The highest BCUT2D eigenvalue weighted by atomic mass is 16.5. The van der Waals surface area contributed by atoms with Gasteiger partial charge < -0.3 is 29.6 Å².